The molecule has 0 radical (unpaired) electrons. The van der Waals surface area contributed by atoms with Crippen LogP contribution >= 0.6 is 0 Å². The zero-order valence-electron chi connectivity index (χ0n) is 9.75. The third-order valence-electron chi connectivity index (χ3n) is 2.34. The summed E-state index contributed by atoms with van der Waals surface area (Å²) in [6.45, 7) is 3.39. The van der Waals surface area contributed by atoms with E-state index in [0.717, 1.165) is 5.39 Å². The van der Waals surface area contributed by atoms with E-state index in [1.165, 1.54) is 0 Å². The van der Waals surface area contributed by atoms with Crippen LogP contribution < -0.4 is 0 Å². The minimum atomic E-state index is -3.69. The molecule has 92 valence electrons. The number of rotatable bonds is 3. The Hall–Kier alpha value is 0.246. The maximum atomic E-state index is 12.0. The van der Waals surface area contributed by atoms with Gasteiger partial charge >= 0.3 is 51.4 Å². The first-order chi connectivity index (χ1) is 8.00. The van der Waals surface area contributed by atoms with Gasteiger partial charge in [0.15, 0.2) is 0 Å². The molecule has 0 aliphatic rings. The Balaban J connectivity index is 0.00000162. The topological polar surface area (TPSA) is 43.4 Å². The summed E-state index contributed by atoms with van der Waals surface area (Å²) in [5.41, 5.74) is 0. The van der Waals surface area contributed by atoms with Crippen LogP contribution in [0.25, 0.3) is 10.8 Å². The fraction of sp³-hybridized carbons (Fsp3) is 0.231. The third kappa shape index (κ3) is 3.63. The summed E-state index contributed by atoms with van der Waals surface area (Å²) in [4.78, 5) is 0.226. The van der Waals surface area contributed by atoms with Gasteiger partial charge in [0.05, 0.1) is 6.10 Å². The van der Waals surface area contributed by atoms with Crippen molar-refractivity contribution in [1.29, 1.82) is 0 Å². The standard InChI is InChI=1S/C13H14O3S.K.H/c1-10(2)16-17(14,15)13-9-5-7-11-6-3-4-8-12(11)13;;/h3-10H,1-2H3;;. The Morgan fingerprint density at radius 1 is 1.00 bits per heavy atom. The quantitative estimate of drug-likeness (QED) is 0.643. The normalized spacial score (nSPS) is 11.5. The van der Waals surface area contributed by atoms with E-state index >= 15 is 0 Å². The van der Waals surface area contributed by atoms with Crippen LogP contribution in [0.3, 0.4) is 0 Å². The fourth-order valence-electron chi connectivity index (χ4n) is 1.72. The Morgan fingerprint density at radius 2 is 1.61 bits per heavy atom. The van der Waals surface area contributed by atoms with E-state index in [1.807, 2.05) is 24.3 Å². The molecule has 0 fully saturated rings. The first kappa shape index (κ1) is 16.3. The van der Waals surface area contributed by atoms with Gasteiger partial charge in [-0.25, -0.2) is 0 Å². The van der Waals surface area contributed by atoms with E-state index in [9.17, 15) is 8.42 Å². The number of hydrogen-bond acceptors (Lipinski definition) is 3. The molecule has 0 aliphatic heterocycles. The van der Waals surface area contributed by atoms with Crippen molar-refractivity contribution in [3.8, 4) is 0 Å². The van der Waals surface area contributed by atoms with Gasteiger partial charge in [0, 0.05) is 5.39 Å². The summed E-state index contributed by atoms with van der Waals surface area (Å²) in [6.07, 6.45) is -0.362. The second-order valence-corrected chi connectivity index (χ2v) is 5.62. The van der Waals surface area contributed by atoms with Crippen LogP contribution in [-0.4, -0.2) is 65.9 Å². The first-order valence-electron chi connectivity index (χ1n) is 5.42. The molecule has 2 aromatic rings. The Labute approximate surface area is 150 Å². The number of hydrogen-bond donors (Lipinski definition) is 0. The summed E-state index contributed by atoms with van der Waals surface area (Å²) in [6, 6.07) is 12.5. The molecule has 0 spiro atoms. The monoisotopic (exact) mass is 290 g/mol. The first-order valence-corrected chi connectivity index (χ1v) is 6.82. The third-order valence-corrected chi connectivity index (χ3v) is 3.87. The molecule has 0 atom stereocenters. The zero-order chi connectivity index (χ0) is 12.5. The second kappa shape index (κ2) is 6.61. The zero-order valence-corrected chi connectivity index (χ0v) is 10.6. The molecule has 3 nitrogen and oxygen atoms in total. The van der Waals surface area contributed by atoms with Crippen molar-refractivity contribution in [1.82, 2.24) is 0 Å². The predicted octanol–water partition coefficient (Wildman–Crippen LogP) is 2.31. The molecular formula is C13H15KO3S. The van der Waals surface area contributed by atoms with Crippen molar-refractivity contribution in [3.05, 3.63) is 42.5 Å². The maximum absolute atomic E-state index is 12.0. The molecule has 2 rings (SSSR count). The van der Waals surface area contributed by atoms with E-state index in [0.29, 0.717) is 5.39 Å². The van der Waals surface area contributed by atoms with Gasteiger partial charge in [-0.3, -0.25) is 4.18 Å². The summed E-state index contributed by atoms with van der Waals surface area (Å²) in [7, 11) is -3.69. The molecule has 5 heteroatoms. The van der Waals surface area contributed by atoms with Gasteiger partial charge in [0.2, 0.25) is 0 Å². The van der Waals surface area contributed by atoms with Crippen LogP contribution in [0.2, 0.25) is 0 Å². The van der Waals surface area contributed by atoms with Crippen LogP contribution in [0, 0.1) is 0 Å². The van der Waals surface area contributed by atoms with Crippen LogP contribution in [0.5, 0.6) is 0 Å². The van der Waals surface area contributed by atoms with Crippen LogP contribution in [0.1, 0.15) is 13.8 Å². The van der Waals surface area contributed by atoms with Gasteiger partial charge in [0.1, 0.15) is 4.90 Å². The van der Waals surface area contributed by atoms with E-state index in [-0.39, 0.29) is 62.4 Å². The van der Waals surface area contributed by atoms with Crippen LogP contribution in [0.15, 0.2) is 47.4 Å². The molecule has 0 saturated carbocycles. The molecule has 0 amide bonds. The molecule has 0 aliphatic carbocycles. The summed E-state index contributed by atoms with van der Waals surface area (Å²) in [5, 5.41) is 1.58. The van der Waals surface area contributed by atoms with Crippen molar-refractivity contribution in [2.75, 3.05) is 0 Å². The van der Waals surface area contributed by atoms with E-state index in [4.69, 9.17) is 4.18 Å². The minimum absolute atomic E-state index is 0. The molecule has 0 bridgehead atoms. The van der Waals surface area contributed by atoms with E-state index in [1.54, 1.807) is 32.0 Å². The Bertz CT molecular complexity index is 630. The predicted molar refractivity (Wildman–Crippen MR) is 74.5 cm³/mol. The van der Waals surface area contributed by atoms with Gasteiger partial charge in [0.25, 0.3) is 10.1 Å². The molecule has 0 aromatic heterocycles. The molecule has 18 heavy (non-hydrogen) atoms. The van der Waals surface area contributed by atoms with Gasteiger partial charge < -0.3 is 0 Å². The fourth-order valence-corrected chi connectivity index (χ4v) is 3.03. The van der Waals surface area contributed by atoms with Gasteiger partial charge in [-0.05, 0) is 25.3 Å². The van der Waals surface area contributed by atoms with Crippen molar-refractivity contribution >= 4 is 72.3 Å². The van der Waals surface area contributed by atoms with Gasteiger partial charge in [-0.15, -0.1) is 0 Å². The van der Waals surface area contributed by atoms with Gasteiger partial charge in [-0.1, -0.05) is 36.4 Å². The van der Waals surface area contributed by atoms with Gasteiger partial charge in [-0.2, -0.15) is 8.42 Å². The average molecular weight is 290 g/mol. The summed E-state index contributed by atoms with van der Waals surface area (Å²) in [5.74, 6) is 0. The summed E-state index contributed by atoms with van der Waals surface area (Å²) < 4.78 is 29.1. The van der Waals surface area contributed by atoms with Crippen molar-refractivity contribution in [2.45, 2.75) is 24.8 Å². The van der Waals surface area contributed by atoms with Crippen LogP contribution in [-0.2, 0) is 14.3 Å². The van der Waals surface area contributed by atoms with Crippen molar-refractivity contribution < 1.29 is 12.6 Å². The number of fused-ring (bicyclic) bond motifs is 1. The average Bonchev–Trinajstić information content (AvgIpc) is 2.26. The van der Waals surface area contributed by atoms with Crippen molar-refractivity contribution in [2.24, 2.45) is 0 Å². The van der Waals surface area contributed by atoms with Crippen molar-refractivity contribution in [3.63, 3.8) is 0 Å². The molecule has 0 saturated heterocycles. The second-order valence-electron chi connectivity index (χ2n) is 4.08. The molecule has 0 unspecified atom stereocenters. The molecule has 2 aromatic carbocycles. The van der Waals surface area contributed by atoms with Crippen LogP contribution in [0.4, 0.5) is 0 Å². The number of benzene rings is 2. The Kier molecular flexibility index (Phi) is 5.98. The van der Waals surface area contributed by atoms with E-state index in [2.05, 4.69) is 0 Å². The molecular weight excluding hydrogens is 275 g/mol. The van der Waals surface area contributed by atoms with E-state index < -0.39 is 10.1 Å². The molecule has 0 heterocycles. The Morgan fingerprint density at radius 3 is 2.28 bits per heavy atom. The summed E-state index contributed by atoms with van der Waals surface area (Å²) >= 11 is 0. The SMILES string of the molecule is CC(C)OS(=O)(=O)c1cccc2ccccc12.[KH]. The molecule has 0 N–H and O–H groups in total.